The van der Waals surface area contributed by atoms with Gasteiger partial charge in [-0.2, -0.15) is 5.26 Å². The number of hydrogen-bond acceptors (Lipinski definition) is 6. The maximum atomic E-state index is 11.9. The third kappa shape index (κ3) is 5.84. The zero-order chi connectivity index (χ0) is 24.6. The average Bonchev–Trinajstić information content (AvgIpc) is 3.20. The van der Waals surface area contributed by atoms with Gasteiger partial charge in [-0.05, 0) is 72.4 Å². The molecule has 1 aliphatic heterocycles. The number of hydrogen-bond donors (Lipinski definition) is 1. The number of rotatable bonds is 9. The fourth-order valence-electron chi connectivity index (χ4n) is 4.86. The number of carbonyl (C=O) groups is 1. The highest BCUT2D eigenvalue weighted by atomic mass is 16.5. The quantitative estimate of drug-likeness (QED) is 0.496. The fraction of sp³-hybridized carbons (Fsp3) is 0.429. The summed E-state index contributed by atoms with van der Waals surface area (Å²) in [4.78, 5) is 14.3. The van der Waals surface area contributed by atoms with Gasteiger partial charge in [-0.1, -0.05) is 19.1 Å². The molecule has 35 heavy (non-hydrogen) atoms. The van der Waals surface area contributed by atoms with Crippen molar-refractivity contribution >= 4 is 22.9 Å². The number of nitriles is 1. The van der Waals surface area contributed by atoms with Crippen molar-refractivity contribution in [3.8, 4) is 11.8 Å². The topological polar surface area (TPSA) is 83.8 Å². The van der Waals surface area contributed by atoms with Crippen molar-refractivity contribution in [2.75, 3.05) is 51.4 Å². The SMILES string of the molecule is CCOC(=O)Nc1cccc(C2=C(C#N)c3ccc(OCCCN4CCOCC4)cc3C2CC)c1. The van der Waals surface area contributed by atoms with Gasteiger partial charge in [-0.25, -0.2) is 4.79 Å². The summed E-state index contributed by atoms with van der Waals surface area (Å²) in [7, 11) is 0. The van der Waals surface area contributed by atoms with Crippen molar-refractivity contribution in [1.82, 2.24) is 4.90 Å². The molecule has 2 aromatic carbocycles. The van der Waals surface area contributed by atoms with Crippen LogP contribution in [0.15, 0.2) is 42.5 Å². The van der Waals surface area contributed by atoms with Crippen LogP contribution in [0.5, 0.6) is 5.75 Å². The predicted molar refractivity (Wildman–Crippen MR) is 136 cm³/mol. The smallest absolute Gasteiger partial charge is 0.411 e. The Morgan fingerprint density at radius 1 is 1.20 bits per heavy atom. The largest absolute Gasteiger partial charge is 0.494 e. The summed E-state index contributed by atoms with van der Waals surface area (Å²) >= 11 is 0. The first kappa shape index (κ1) is 24.8. The normalized spacial score (nSPS) is 17.6. The van der Waals surface area contributed by atoms with Crippen LogP contribution < -0.4 is 10.1 Å². The third-order valence-electron chi connectivity index (χ3n) is 6.49. The van der Waals surface area contributed by atoms with E-state index >= 15 is 0 Å². The van der Waals surface area contributed by atoms with E-state index in [9.17, 15) is 10.1 Å². The van der Waals surface area contributed by atoms with Crippen molar-refractivity contribution in [1.29, 1.82) is 5.26 Å². The Morgan fingerprint density at radius 3 is 2.77 bits per heavy atom. The van der Waals surface area contributed by atoms with Crippen LogP contribution in [0.2, 0.25) is 0 Å². The zero-order valence-electron chi connectivity index (χ0n) is 20.5. The standard InChI is InChI=1S/C28H33N3O4/c1-3-23-25-18-22(35-14-6-11-31-12-15-33-16-13-31)9-10-24(25)26(19-29)27(23)20-7-5-8-21(17-20)30-28(32)34-4-2/h5,7-10,17-18,23H,3-4,6,11-16H2,1-2H3,(H,30,32). The molecule has 0 bridgehead atoms. The number of nitrogens with one attached hydrogen (secondary N) is 1. The van der Waals surface area contributed by atoms with Crippen LogP contribution in [0.25, 0.3) is 11.1 Å². The number of carbonyl (C=O) groups excluding carboxylic acids is 1. The van der Waals surface area contributed by atoms with Crippen molar-refractivity contribution in [3.05, 3.63) is 59.2 Å². The highest BCUT2D eigenvalue weighted by molar-refractivity contribution is 6.05. The van der Waals surface area contributed by atoms with E-state index in [0.717, 1.165) is 73.7 Å². The lowest BCUT2D eigenvalue weighted by Crippen LogP contribution is -2.37. The zero-order valence-corrected chi connectivity index (χ0v) is 20.5. The first-order valence-electron chi connectivity index (χ1n) is 12.4. The Hall–Kier alpha value is -3.34. The first-order valence-corrected chi connectivity index (χ1v) is 12.4. The molecule has 1 amide bonds. The summed E-state index contributed by atoms with van der Waals surface area (Å²) < 4.78 is 16.5. The lowest BCUT2D eigenvalue weighted by Gasteiger charge is -2.26. The number of benzene rings is 2. The second-order valence-electron chi connectivity index (χ2n) is 8.69. The second kappa shape index (κ2) is 11.9. The molecule has 1 N–H and O–H groups in total. The van der Waals surface area contributed by atoms with Gasteiger partial charge in [0.2, 0.25) is 0 Å². The van der Waals surface area contributed by atoms with Crippen LogP contribution in [0, 0.1) is 11.3 Å². The fourth-order valence-corrected chi connectivity index (χ4v) is 4.86. The molecule has 2 aliphatic rings. The summed E-state index contributed by atoms with van der Waals surface area (Å²) in [5.41, 5.74) is 5.31. The van der Waals surface area contributed by atoms with Gasteiger partial charge in [0.25, 0.3) is 0 Å². The number of allylic oxidation sites excluding steroid dienone is 2. The maximum absolute atomic E-state index is 11.9. The summed E-state index contributed by atoms with van der Waals surface area (Å²) in [6.07, 6.45) is 1.32. The van der Waals surface area contributed by atoms with E-state index in [1.54, 1.807) is 6.92 Å². The number of nitrogens with zero attached hydrogens (tertiary/aromatic N) is 2. The molecular formula is C28H33N3O4. The summed E-state index contributed by atoms with van der Waals surface area (Å²) in [5.74, 6) is 0.912. The molecule has 1 atom stereocenters. The predicted octanol–water partition coefficient (Wildman–Crippen LogP) is 5.30. The Bertz CT molecular complexity index is 1120. The number of morpholine rings is 1. The van der Waals surface area contributed by atoms with E-state index < -0.39 is 6.09 Å². The molecule has 4 rings (SSSR count). The molecule has 0 aromatic heterocycles. The molecule has 1 saturated heterocycles. The van der Waals surface area contributed by atoms with E-state index in [4.69, 9.17) is 14.2 Å². The van der Waals surface area contributed by atoms with Crippen LogP contribution in [-0.2, 0) is 9.47 Å². The third-order valence-corrected chi connectivity index (χ3v) is 6.49. The highest BCUT2D eigenvalue weighted by Gasteiger charge is 2.32. The molecule has 1 unspecified atom stereocenters. The van der Waals surface area contributed by atoms with Gasteiger partial charge in [-0.3, -0.25) is 10.2 Å². The number of fused-ring (bicyclic) bond motifs is 1. The van der Waals surface area contributed by atoms with Gasteiger partial charge < -0.3 is 14.2 Å². The average molecular weight is 476 g/mol. The first-order chi connectivity index (χ1) is 17.1. The molecule has 1 fully saturated rings. The molecule has 2 aromatic rings. The second-order valence-corrected chi connectivity index (χ2v) is 8.69. The summed E-state index contributed by atoms with van der Waals surface area (Å²) in [6, 6.07) is 16.1. The van der Waals surface area contributed by atoms with Gasteiger partial charge in [0.1, 0.15) is 11.8 Å². The van der Waals surface area contributed by atoms with E-state index in [-0.39, 0.29) is 5.92 Å². The molecule has 1 heterocycles. The van der Waals surface area contributed by atoms with E-state index in [0.29, 0.717) is 24.5 Å². The van der Waals surface area contributed by atoms with E-state index in [1.165, 1.54) is 0 Å². The van der Waals surface area contributed by atoms with Crippen LogP contribution in [0.4, 0.5) is 10.5 Å². The van der Waals surface area contributed by atoms with Crippen molar-refractivity contribution < 1.29 is 19.0 Å². The van der Waals surface area contributed by atoms with E-state index in [2.05, 4.69) is 29.3 Å². The van der Waals surface area contributed by atoms with E-state index in [1.807, 2.05) is 36.4 Å². The Kier molecular flexibility index (Phi) is 8.40. The minimum atomic E-state index is -0.490. The molecular weight excluding hydrogens is 442 g/mol. The van der Waals surface area contributed by atoms with Crippen LogP contribution >= 0.6 is 0 Å². The van der Waals surface area contributed by atoms with Crippen molar-refractivity contribution in [2.45, 2.75) is 32.6 Å². The minimum absolute atomic E-state index is 0.0781. The molecule has 7 heteroatoms. The highest BCUT2D eigenvalue weighted by Crippen LogP contribution is 2.49. The molecule has 0 spiro atoms. The number of amides is 1. The Labute approximate surface area is 207 Å². The van der Waals surface area contributed by atoms with Gasteiger partial charge in [0.15, 0.2) is 0 Å². The number of anilines is 1. The molecule has 0 saturated carbocycles. The molecule has 184 valence electrons. The Morgan fingerprint density at radius 2 is 2.03 bits per heavy atom. The minimum Gasteiger partial charge on any atom is -0.494 e. The maximum Gasteiger partial charge on any atom is 0.411 e. The molecule has 1 aliphatic carbocycles. The summed E-state index contributed by atoms with van der Waals surface area (Å²) in [6.45, 7) is 9.45. The lowest BCUT2D eigenvalue weighted by molar-refractivity contribution is 0.0358. The van der Waals surface area contributed by atoms with Crippen LogP contribution in [0.3, 0.4) is 0 Å². The Balaban J connectivity index is 1.49. The molecule has 7 nitrogen and oxygen atoms in total. The van der Waals surface area contributed by atoms with Crippen molar-refractivity contribution in [3.63, 3.8) is 0 Å². The van der Waals surface area contributed by atoms with Crippen LogP contribution in [0.1, 0.15) is 49.3 Å². The number of ether oxygens (including phenoxy) is 3. The summed E-state index contributed by atoms with van der Waals surface area (Å²) in [5, 5.41) is 12.8. The lowest BCUT2D eigenvalue weighted by atomic mass is 9.88. The van der Waals surface area contributed by atoms with Gasteiger partial charge in [-0.15, -0.1) is 0 Å². The van der Waals surface area contributed by atoms with Gasteiger partial charge in [0.05, 0.1) is 32.0 Å². The molecule has 0 radical (unpaired) electrons. The van der Waals surface area contributed by atoms with Gasteiger partial charge >= 0.3 is 6.09 Å². The monoisotopic (exact) mass is 475 g/mol. The van der Waals surface area contributed by atoms with Crippen LogP contribution in [-0.4, -0.2) is 57.1 Å². The van der Waals surface area contributed by atoms with Crippen molar-refractivity contribution in [2.24, 2.45) is 0 Å². The van der Waals surface area contributed by atoms with Gasteiger partial charge in [0, 0.05) is 31.2 Å².